The van der Waals surface area contributed by atoms with Gasteiger partial charge in [-0.05, 0) is 38.6 Å². The Morgan fingerprint density at radius 2 is 1.50 bits per heavy atom. The zero-order valence-electron chi connectivity index (χ0n) is 12.8. The van der Waals surface area contributed by atoms with Gasteiger partial charge < -0.3 is 5.32 Å². The highest BCUT2D eigenvalue weighted by Crippen LogP contribution is 2.26. The van der Waals surface area contributed by atoms with Crippen LogP contribution < -0.4 is 5.32 Å². The Morgan fingerprint density at radius 3 is 2.17 bits per heavy atom. The lowest BCUT2D eigenvalue weighted by atomic mass is 9.84. The highest BCUT2D eigenvalue weighted by Gasteiger charge is 2.18. The second-order valence-corrected chi connectivity index (χ2v) is 6.26. The molecule has 1 atom stereocenters. The van der Waals surface area contributed by atoms with Crippen molar-refractivity contribution in [2.75, 3.05) is 6.54 Å². The van der Waals surface area contributed by atoms with Crippen molar-refractivity contribution in [3.05, 3.63) is 0 Å². The van der Waals surface area contributed by atoms with Crippen molar-refractivity contribution in [3.8, 4) is 0 Å². The van der Waals surface area contributed by atoms with Gasteiger partial charge in [0.15, 0.2) is 0 Å². The van der Waals surface area contributed by atoms with Crippen LogP contribution in [0.3, 0.4) is 0 Å². The molecule has 0 aromatic carbocycles. The van der Waals surface area contributed by atoms with E-state index < -0.39 is 0 Å². The van der Waals surface area contributed by atoms with Crippen molar-refractivity contribution >= 4 is 0 Å². The first-order valence-corrected chi connectivity index (χ1v) is 8.58. The van der Waals surface area contributed by atoms with Crippen LogP contribution >= 0.6 is 0 Å². The van der Waals surface area contributed by atoms with Gasteiger partial charge in [-0.2, -0.15) is 0 Å². The van der Waals surface area contributed by atoms with Gasteiger partial charge in [0.1, 0.15) is 0 Å². The largest absolute Gasteiger partial charge is 0.314 e. The van der Waals surface area contributed by atoms with Crippen molar-refractivity contribution in [1.29, 1.82) is 0 Å². The molecule has 1 aliphatic rings. The molecule has 1 saturated carbocycles. The molecule has 0 aliphatic heterocycles. The van der Waals surface area contributed by atoms with Gasteiger partial charge in [0.05, 0.1) is 0 Å². The first-order chi connectivity index (χ1) is 8.84. The van der Waals surface area contributed by atoms with Crippen LogP contribution in [0.4, 0.5) is 0 Å². The summed E-state index contributed by atoms with van der Waals surface area (Å²) in [4.78, 5) is 0. The standard InChI is InChI=1S/C17H35N/c1-3-4-5-6-7-8-12-15-18-16(2)17-13-10-9-11-14-17/h16-18H,3-15H2,1-2H3. The summed E-state index contributed by atoms with van der Waals surface area (Å²) in [6, 6.07) is 0.755. The summed E-state index contributed by atoms with van der Waals surface area (Å²) in [5, 5.41) is 3.75. The molecule has 1 fully saturated rings. The maximum atomic E-state index is 3.75. The van der Waals surface area contributed by atoms with Gasteiger partial charge in [-0.3, -0.25) is 0 Å². The molecule has 1 rings (SSSR count). The molecule has 0 radical (unpaired) electrons. The molecular formula is C17H35N. The Kier molecular flexibility index (Phi) is 9.65. The molecule has 1 unspecified atom stereocenters. The van der Waals surface area contributed by atoms with Gasteiger partial charge in [0, 0.05) is 6.04 Å². The van der Waals surface area contributed by atoms with Crippen LogP contribution in [0.25, 0.3) is 0 Å². The SMILES string of the molecule is CCCCCCCCCNC(C)C1CCCCC1. The lowest BCUT2D eigenvalue weighted by Crippen LogP contribution is -2.35. The minimum atomic E-state index is 0.755. The molecular weight excluding hydrogens is 218 g/mol. The van der Waals surface area contributed by atoms with Gasteiger partial charge in [-0.1, -0.05) is 64.7 Å². The molecule has 1 N–H and O–H groups in total. The third-order valence-corrected chi connectivity index (χ3v) is 4.60. The lowest BCUT2D eigenvalue weighted by Gasteiger charge is -2.28. The maximum absolute atomic E-state index is 3.75. The van der Waals surface area contributed by atoms with Crippen LogP contribution in [0.2, 0.25) is 0 Å². The van der Waals surface area contributed by atoms with E-state index in [1.165, 1.54) is 83.6 Å². The molecule has 1 heteroatoms. The van der Waals surface area contributed by atoms with E-state index in [1.54, 1.807) is 0 Å². The monoisotopic (exact) mass is 253 g/mol. The summed E-state index contributed by atoms with van der Waals surface area (Å²) < 4.78 is 0. The minimum Gasteiger partial charge on any atom is -0.314 e. The third-order valence-electron chi connectivity index (χ3n) is 4.60. The van der Waals surface area contributed by atoms with E-state index >= 15 is 0 Å². The summed E-state index contributed by atoms with van der Waals surface area (Å²) in [6.07, 6.45) is 17.3. The van der Waals surface area contributed by atoms with Crippen molar-refractivity contribution in [3.63, 3.8) is 0 Å². The zero-order valence-corrected chi connectivity index (χ0v) is 12.8. The van der Waals surface area contributed by atoms with E-state index in [0.29, 0.717) is 0 Å². The maximum Gasteiger partial charge on any atom is 0.00669 e. The van der Waals surface area contributed by atoms with E-state index in [2.05, 4.69) is 19.2 Å². The van der Waals surface area contributed by atoms with Crippen LogP contribution in [-0.4, -0.2) is 12.6 Å². The average molecular weight is 253 g/mol. The fourth-order valence-electron chi connectivity index (χ4n) is 3.21. The second-order valence-electron chi connectivity index (χ2n) is 6.26. The molecule has 0 aromatic heterocycles. The Labute approximate surface area is 115 Å². The smallest absolute Gasteiger partial charge is 0.00669 e. The Balaban J connectivity index is 1.87. The van der Waals surface area contributed by atoms with Crippen LogP contribution in [-0.2, 0) is 0 Å². The predicted octanol–water partition coefficient (Wildman–Crippen LogP) is 5.30. The number of unbranched alkanes of at least 4 members (excludes halogenated alkanes) is 6. The molecule has 0 spiro atoms. The number of hydrogen-bond acceptors (Lipinski definition) is 1. The van der Waals surface area contributed by atoms with Gasteiger partial charge in [-0.15, -0.1) is 0 Å². The lowest BCUT2D eigenvalue weighted by molar-refractivity contribution is 0.280. The van der Waals surface area contributed by atoms with Crippen LogP contribution in [0.1, 0.15) is 90.9 Å². The number of nitrogens with one attached hydrogen (secondary N) is 1. The molecule has 0 bridgehead atoms. The summed E-state index contributed by atoms with van der Waals surface area (Å²) >= 11 is 0. The van der Waals surface area contributed by atoms with E-state index in [1.807, 2.05) is 0 Å². The fraction of sp³-hybridized carbons (Fsp3) is 1.00. The summed E-state index contributed by atoms with van der Waals surface area (Å²) in [7, 11) is 0. The predicted molar refractivity (Wildman–Crippen MR) is 82.0 cm³/mol. The molecule has 0 heterocycles. The van der Waals surface area contributed by atoms with Gasteiger partial charge in [0.25, 0.3) is 0 Å². The first-order valence-electron chi connectivity index (χ1n) is 8.58. The molecule has 0 saturated heterocycles. The van der Waals surface area contributed by atoms with Crippen molar-refractivity contribution < 1.29 is 0 Å². The first kappa shape index (κ1) is 16.0. The zero-order chi connectivity index (χ0) is 13.1. The van der Waals surface area contributed by atoms with Crippen LogP contribution in [0.15, 0.2) is 0 Å². The molecule has 0 aromatic rings. The Morgan fingerprint density at radius 1 is 0.889 bits per heavy atom. The van der Waals surface area contributed by atoms with E-state index in [4.69, 9.17) is 0 Å². The van der Waals surface area contributed by atoms with Gasteiger partial charge in [-0.25, -0.2) is 0 Å². The molecule has 0 amide bonds. The van der Waals surface area contributed by atoms with Crippen LogP contribution in [0, 0.1) is 5.92 Å². The summed E-state index contributed by atoms with van der Waals surface area (Å²) in [5.74, 6) is 0.961. The normalized spacial score (nSPS) is 19.0. The summed E-state index contributed by atoms with van der Waals surface area (Å²) in [6.45, 7) is 5.93. The molecule has 1 nitrogen and oxygen atoms in total. The minimum absolute atomic E-state index is 0.755. The average Bonchev–Trinajstić information content (AvgIpc) is 2.42. The number of rotatable bonds is 10. The van der Waals surface area contributed by atoms with Gasteiger partial charge >= 0.3 is 0 Å². The van der Waals surface area contributed by atoms with E-state index in [0.717, 1.165) is 12.0 Å². The van der Waals surface area contributed by atoms with Crippen LogP contribution in [0.5, 0.6) is 0 Å². The molecule has 1 aliphatic carbocycles. The second kappa shape index (κ2) is 10.8. The Bertz CT molecular complexity index is 172. The van der Waals surface area contributed by atoms with Crippen molar-refractivity contribution in [2.45, 2.75) is 96.9 Å². The molecule has 108 valence electrons. The highest BCUT2D eigenvalue weighted by molar-refractivity contribution is 4.75. The van der Waals surface area contributed by atoms with Gasteiger partial charge in [0.2, 0.25) is 0 Å². The van der Waals surface area contributed by atoms with Crippen molar-refractivity contribution in [2.24, 2.45) is 5.92 Å². The third kappa shape index (κ3) is 7.41. The molecule has 18 heavy (non-hydrogen) atoms. The highest BCUT2D eigenvalue weighted by atomic mass is 14.9. The quantitative estimate of drug-likeness (QED) is 0.521. The topological polar surface area (TPSA) is 12.0 Å². The van der Waals surface area contributed by atoms with E-state index in [-0.39, 0.29) is 0 Å². The summed E-state index contributed by atoms with van der Waals surface area (Å²) in [5.41, 5.74) is 0. The number of hydrogen-bond donors (Lipinski definition) is 1. The fourth-order valence-corrected chi connectivity index (χ4v) is 3.21. The van der Waals surface area contributed by atoms with E-state index in [9.17, 15) is 0 Å². The van der Waals surface area contributed by atoms with Crippen molar-refractivity contribution in [1.82, 2.24) is 5.32 Å². The Hall–Kier alpha value is -0.0400.